The predicted molar refractivity (Wildman–Crippen MR) is 102 cm³/mol. The van der Waals surface area contributed by atoms with Crippen LogP contribution in [0, 0.1) is 6.92 Å². The lowest BCUT2D eigenvalue weighted by Gasteiger charge is -2.20. The van der Waals surface area contributed by atoms with E-state index in [-0.39, 0.29) is 29.7 Å². The van der Waals surface area contributed by atoms with Gasteiger partial charge in [0.15, 0.2) is 5.16 Å². The van der Waals surface area contributed by atoms with Gasteiger partial charge >= 0.3 is 0 Å². The molecule has 2 aromatic rings. The predicted octanol–water partition coefficient (Wildman–Crippen LogP) is 1.76. The zero-order chi connectivity index (χ0) is 19.2. The molecule has 0 aliphatic carbocycles. The van der Waals surface area contributed by atoms with Gasteiger partial charge in [0.25, 0.3) is 0 Å². The second-order valence-electron chi connectivity index (χ2n) is 6.97. The normalized spacial score (nSPS) is 11.2. The van der Waals surface area contributed by atoms with Gasteiger partial charge in [-0.2, -0.15) is 0 Å². The van der Waals surface area contributed by atoms with Crippen molar-refractivity contribution in [2.24, 2.45) is 0 Å². The average Bonchev–Trinajstić information content (AvgIpc) is 2.91. The summed E-state index contributed by atoms with van der Waals surface area (Å²) >= 11 is 1.31. The summed E-state index contributed by atoms with van der Waals surface area (Å²) in [6, 6.07) is 10.0. The molecule has 1 aromatic heterocycles. The van der Waals surface area contributed by atoms with Crippen LogP contribution in [0.3, 0.4) is 0 Å². The van der Waals surface area contributed by atoms with Gasteiger partial charge in [-0.05, 0) is 33.3 Å². The first-order valence-corrected chi connectivity index (χ1v) is 9.37. The first-order valence-electron chi connectivity index (χ1n) is 8.39. The van der Waals surface area contributed by atoms with Crippen molar-refractivity contribution in [2.45, 2.75) is 44.9 Å². The Hall–Kier alpha value is -2.35. The molecular formula is C18H25N5O2S. The number of carbonyl (C=O) groups excluding carboxylic acids is 2. The Kier molecular flexibility index (Phi) is 6.79. The SMILES string of the molecule is Cc1nnc(SCC(=O)NCC(=O)NC(C)(C)C)n1Cc1ccccc1. The molecule has 140 valence electrons. The zero-order valence-corrected chi connectivity index (χ0v) is 16.4. The third kappa shape index (κ3) is 6.51. The van der Waals surface area contributed by atoms with Crippen molar-refractivity contribution in [3.8, 4) is 0 Å². The molecule has 0 spiro atoms. The molecule has 0 saturated carbocycles. The van der Waals surface area contributed by atoms with Gasteiger partial charge in [-0.25, -0.2) is 0 Å². The first-order chi connectivity index (χ1) is 12.2. The third-order valence-electron chi connectivity index (χ3n) is 3.38. The van der Waals surface area contributed by atoms with E-state index in [1.54, 1.807) is 0 Å². The lowest BCUT2D eigenvalue weighted by molar-refractivity contribution is -0.125. The minimum Gasteiger partial charge on any atom is -0.350 e. The number of carbonyl (C=O) groups is 2. The fourth-order valence-electron chi connectivity index (χ4n) is 2.24. The first kappa shape index (κ1) is 20.0. The van der Waals surface area contributed by atoms with Crippen LogP contribution in [-0.2, 0) is 16.1 Å². The molecule has 2 rings (SSSR count). The van der Waals surface area contributed by atoms with Crippen LogP contribution >= 0.6 is 11.8 Å². The summed E-state index contributed by atoms with van der Waals surface area (Å²) in [5.74, 6) is 0.543. The molecule has 8 heteroatoms. The average molecular weight is 375 g/mol. The summed E-state index contributed by atoms with van der Waals surface area (Å²) in [5.41, 5.74) is 0.822. The molecule has 1 heterocycles. The number of thioether (sulfide) groups is 1. The molecule has 7 nitrogen and oxygen atoms in total. The molecule has 0 saturated heterocycles. The van der Waals surface area contributed by atoms with E-state index in [2.05, 4.69) is 20.8 Å². The van der Waals surface area contributed by atoms with Gasteiger partial charge in [0.2, 0.25) is 11.8 Å². The number of rotatable bonds is 7. The Labute approximate surface area is 158 Å². The number of benzene rings is 1. The Morgan fingerprint density at radius 2 is 1.81 bits per heavy atom. The molecule has 0 aliphatic rings. The Morgan fingerprint density at radius 1 is 1.12 bits per heavy atom. The van der Waals surface area contributed by atoms with Crippen LogP contribution in [0.15, 0.2) is 35.5 Å². The third-order valence-corrected chi connectivity index (χ3v) is 4.34. The summed E-state index contributed by atoms with van der Waals surface area (Å²) in [4.78, 5) is 23.7. The van der Waals surface area contributed by atoms with Crippen LogP contribution in [0.1, 0.15) is 32.2 Å². The van der Waals surface area contributed by atoms with Crippen molar-refractivity contribution in [1.29, 1.82) is 0 Å². The van der Waals surface area contributed by atoms with Gasteiger partial charge in [0.1, 0.15) is 5.82 Å². The zero-order valence-electron chi connectivity index (χ0n) is 15.6. The molecular weight excluding hydrogens is 350 g/mol. The van der Waals surface area contributed by atoms with Crippen molar-refractivity contribution in [3.05, 3.63) is 41.7 Å². The highest BCUT2D eigenvalue weighted by molar-refractivity contribution is 7.99. The lowest BCUT2D eigenvalue weighted by Crippen LogP contribution is -2.46. The van der Waals surface area contributed by atoms with Crippen LogP contribution in [0.2, 0.25) is 0 Å². The van der Waals surface area contributed by atoms with E-state index in [1.807, 2.05) is 62.6 Å². The van der Waals surface area contributed by atoms with Crippen molar-refractivity contribution in [2.75, 3.05) is 12.3 Å². The minimum absolute atomic E-state index is 0.0353. The Morgan fingerprint density at radius 3 is 2.46 bits per heavy atom. The smallest absolute Gasteiger partial charge is 0.239 e. The number of aromatic nitrogens is 3. The van der Waals surface area contributed by atoms with Crippen LogP contribution in [0.4, 0.5) is 0 Å². The molecule has 0 unspecified atom stereocenters. The van der Waals surface area contributed by atoms with Crippen LogP contribution in [0.5, 0.6) is 0 Å². The number of amides is 2. The van der Waals surface area contributed by atoms with E-state index in [0.29, 0.717) is 11.7 Å². The topological polar surface area (TPSA) is 88.9 Å². The summed E-state index contributed by atoms with van der Waals surface area (Å²) in [6.45, 7) is 8.18. The molecule has 0 fully saturated rings. The summed E-state index contributed by atoms with van der Waals surface area (Å²) < 4.78 is 1.97. The summed E-state index contributed by atoms with van der Waals surface area (Å²) in [7, 11) is 0. The van der Waals surface area contributed by atoms with Crippen molar-refractivity contribution < 1.29 is 9.59 Å². The van der Waals surface area contributed by atoms with Gasteiger partial charge in [0.05, 0.1) is 18.8 Å². The van der Waals surface area contributed by atoms with E-state index in [0.717, 1.165) is 11.4 Å². The molecule has 2 N–H and O–H groups in total. The second kappa shape index (κ2) is 8.84. The van der Waals surface area contributed by atoms with Crippen LogP contribution in [-0.4, -0.2) is 44.4 Å². The molecule has 0 atom stereocenters. The molecule has 26 heavy (non-hydrogen) atoms. The molecule has 0 radical (unpaired) electrons. The Bertz CT molecular complexity index is 753. The maximum Gasteiger partial charge on any atom is 0.239 e. The molecule has 0 aliphatic heterocycles. The number of hydrogen-bond acceptors (Lipinski definition) is 5. The van der Waals surface area contributed by atoms with Crippen LogP contribution in [0.25, 0.3) is 0 Å². The summed E-state index contributed by atoms with van der Waals surface area (Å²) in [6.07, 6.45) is 0. The van der Waals surface area contributed by atoms with Crippen molar-refractivity contribution in [1.82, 2.24) is 25.4 Å². The second-order valence-corrected chi connectivity index (χ2v) is 7.91. The highest BCUT2D eigenvalue weighted by atomic mass is 32.2. The van der Waals surface area contributed by atoms with E-state index in [4.69, 9.17) is 0 Å². The minimum atomic E-state index is -0.318. The number of nitrogens with one attached hydrogen (secondary N) is 2. The highest BCUT2D eigenvalue weighted by Crippen LogP contribution is 2.18. The van der Waals surface area contributed by atoms with Gasteiger partial charge in [-0.15, -0.1) is 10.2 Å². The Balaban J connectivity index is 1.86. The standard InChI is InChI=1S/C18H25N5O2S/c1-13-21-22-17(23(13)11-14-8-6-5-7-9-14)26-12-16(25)19-10-15(24)20-18(2,3)4/h5-9H,10-12H2,1-4H3,(H,19,25)(H,20,24). The molecule has 1 aromatic carbocycles. The van der Waals surface area contributed by atoms with Crippen molar-refractivity contribution in [3.63, 3.8) is 0 Å². The number of hydrogen-bond donors (Lipinski definition) is 2. The van der Waals surface area contributed by atoms with Crippen LogP contribution < -0.4 is 10.6 Å². The maximum atomic E-state index is 12.0. The van der Waals surface area contributed by atoms with Crippen molar-refractivity contribution >= 4 is 23.6 Å². The van der Waals surface area contributed by atoms with Gasteiger partial charge in [-0.3, -0.25) is 9.59 Å². The van der Waals surface area contributed by atoms with E-state index >= 15 is 0 Å². The fourth-order valence-corrected chi connectivity index (χ4v) is 3.05. The lowest BCUT2D eigenvalue weighted by atomic mass is 10.1. The number of aryl methyl sites for hydroxylation is 1. The monoisotopic (exact) mass is 375 g/mol. The van der Waals surface area contributed by atoms with E-state index in [1.165, 1.54) is 11.8 Å². The van der Waals surface area contributed by atoms with E-state index in [9.17, 15) is 9.59 Å². The quantitative estimate of drug-likeness (QED) is 0.720. The van der Waals surface area contributed by atoms with Gasteiger partial charge in [-0.1, -0.05) is 42.1 Å². The summed E-state index contributed by atoms with van der Waals surface area (Å²) in [5, 5.41) is 14.3. The molecule has 0 bridgehead atoms. The number of nitrogens with zero attached hydrogens (tertiary/aromatic N) is 3. The maximum absolute atomic E-state index is 12.0. The molecule has 2 amide bonds. The fraction of sp³-hybridized carbons (Fsp3) is 0.444. The van der Waals surface area contributed by atoms with Gasteiger partial charge < -0.3 is 15.2 Å². The largest absolute Gasteiger partial charge is 0.350 e. The van der Waals surface area contributed by atoms with Gasteiger partial charge in [0, 0.05) is 5.54 Å². The van der Waals surface area contributed by atoms with E-state index < -0.39 is 0 Å². The highest BCUT2D eigenvalue weighted by Gasteiger charge is 2.15.